The van der Waals surface area contributed by atoms with Gasteiger partial charge in [0.15, 0.2) is 5.82 Å². The van der Waals surface area contributed by atoms with Crippen LogP contribution in [0.4, 0.5) is 0 Å². The highest BCUT2D eigenvalue weighted by Crippen LogP contribution is 2.02. The second-order valence-electron chi connectivity index (χ2n) is 1.91. The fourth-order valence-electron chi connectivity index (χ4n) is 0.679. The van der Waals surface area contributed by atoms with Crippen LogP contribution in [0.1, 0.15) is 12.7 Å². The highest BCUT2D eigenvalue weighted by atomic mass is 32.1. The number of rotatable bonds is 0. The Bertz CT molecular complexity index is 290. The quantitative estimate of drug-likeness (QED) is 0.435. The van der Waals surface area contributed by atoms with Gasteiger partial charge in [-0.25, -0.2) is 4.98 Å². The summed E-state index contributed by atoms with van der Waals surface area (Å²) in [6, 6.07) is 0. The normalized spacial score (nSPS) is 8.70. The molecule has 0 fully saturated rings. The fraction of sp³-hybridized carbons (Fsp3) is 0.286. The molecule has 0 saturated carbocycles. The first-order valence-corrected chi connectivity index (χ1v) is 3.34. The van der Waals surface area contributed by atoms with Gasteiger partial charge in [-0.15, -0.1) is 12.6 Å². The molecule has 3 heteroatoms. The molecule has 0 atom stereocenters. The van der Waals surface area contributed by atoms with Gasteiger partial charge in [-0.05, 0) is 12.8 Å². The molecule has 0 aliphatic heterocycles. The lowest BCUT2D eigenvalue weighted by molar-refractivity contribution is 0.893. The van der Waals surface area contributed by atoms with Gasteiger partial charge in [-0.3, -0.25) is 0 Å². The van der Waals surface area contributed by atoms with E-state index in [0.29, 0.717) is 5.03 Å². The number of nitrogens with zero attached hydrogens (tertiary/aromatic N) is 2. The topological polar surface area (TPSA) is 17.8 Å². The van der Waals surface area contributed by atoms with Crippen molar-refractivity contribution in [3.63, 3.8) is 0 Å². The van der Waals surface area contributed by atoms with Crippen LogP contribution >= 0.6 is 12.6 Å². The molecule has 0 unspecified atom stereocenters. The highest BCUT2D eigenvalue weighted by Gasteiger charge is 1.96. The molecule has 1 aromatic rings. The van der Waals surface area contributed by atoms with Crippen LogP contribution in [0.15, 0.2) is 11.2 Å². The predicted molar refractivity (Wildman–Crippen MR) is 43.0 cm³/mol. The number of aromatic nitrogens is 2. The average Bonchev–Trinajstić information content (AvgIpc) is 2.13. The second-order valence-corrected chi connectivity index (χ2v) is 2.37. The van der Waals surface area contributed by atoms with Gasteiger partial charge in [0.05, 0.1) is 0 Å². The molecule has 0 aliphatic carbocycles. The lowest BCUT2D eigenvalue weighted by atomic mass is 10.6. The Morgan fingerprint density at radius 3 is 2.80 bits per heavy atom. The third kappa shape index (κ3) is 1.34. The standard InChI is InChI=1S/C7H8N2S/c1-3-4-6-8-7(10)5-9(6)2/h5,10H,1-2H3. The minimum absolute atomic E-state index is 0.709. The third-order valence-electron chi connectivity index (χ3n) is 1.10. The maximum Gasteiger partial charge on any atom is 0.186 e. The zero-order valence-corrected chi connectivity index (χ0v) is 6.81. The molecule has 0 amide bonds. The molecule has 0 radical (unpaired) electrons. The molecule has 1 heterocycles. The highest BCUT2D eigenvalue weighted by molar-refractivity contribution is 7.80. The van der Waals surface area contributed by atoms with Crippen LogP contribution in [-0.4, -0.2) is 9.55 Å². The van der Waals surface area contributed by atoms with Crippen molar-refractivity contribution in [2.45, 2.75) is 11.9 Å². The molecule has 1 aromatic heterocycles. The molecule has 2 nitrogen and oxygen atoms in total. The van der Waals surface area contributed by atoms with Crippen LogP contribution in [0, 0.1) is 11.8 Å². The average molecular weight is 152 g/mol. The fourth-order valence-corrected chi connectivity index (χ4v) is 0.946. The SMILES string of the molecule is CC#Cc1nc(S)cn1C. The van der Waals surface area contributed by atoms with E-state index < -0.39 is 0 Å². The van der Waals surface area contributed by atoms with E-state index in [9.17, 15) is 0 Å². The number of hydrogen-bond acceptors (Lipinski definition) is 2. The van der Waals surface area contributed by atoms with Gasteiger partial charge in [0.2, 0.25) is 0 Å². The van der Waals surface area contributed by atoms with Crippen molar-refractivity contribution in [1.29, 1.82) is 0 Å². The van der Waals surface area contributed by atoms with E-state index in [2.05, 4.69) is 29.5 Å². The lowest BCUT2D eigenvalue weighted by Crippen LogP contribution is -1.89. The van der Waals surface area contributed by atoms with Crippen molar-refractivity contribution in [2.24, 2.45) is 7.05 Å². The van der Waals surface area contributed by atoms with E-state index in [-0.39, 0.29) is 0 Å². The van der Waals surface area contributed by atoms with Crippen LogP contribution in [0.2, 0.25) is 0 Å². The molecule has 10 heavy (non-hydrogen) atoms. The van der Waals surface area contributed by atoms with Crippen LogP contribution in [0.5, 0.6) is 0 Å². The van der Waals surface area contributed by atoms with Crippen LogP contribution in [-0.2, 0) is 7.05 Å². The van der Waals surface area contributed by atoms with Gasteiger partial charge in [-0.1, -0.05) is 5.92 Å². The summed E-state index contributed by atoms with van der Waals surface area (Å²) in [5, 5.41) is 0.709. The number of imidazole rings is 1. The Morgan fingerprint density at radius 2 is 2.40 bits per heavy atom. The van der Waals surface area contributed by atoms with E-state index in [1.54, 1.807) is 6.92 Å². The molecule has 0 aliphatic rings. The number of thiol groups is 1. The Balaban J connectivity index is 3.11. The van der Waals surface area contributed by atoms with Crippen molar-refractivity contribution >= 4 is 12.6 Å². The smallest absolute Gasteiger partial charge is 0.186 e. The predicted octanol–water partition coefficient (Wildman–Crippen LogP) is 1.08. The summed E-state index contributed by atoms with van der Waals surface area (Å²) >= 11 is 4.07. The van der Waals surface area contributed by atoms with Gasteiger partial charge in [-0.2, -0.15) is 0 Å². The van der Waals surface area contributed by atoms with Gasteiger partial charge < -0.3 is 4.57 Å². The summed E-state index contributed by atoms with van der Waals surface area (Å²) in [4.78, 5) is 4.05. The zero-order chi connectivity index (χ0) is 7.56. The van der Waals surface area contributed by atoms with Gasteiger partial charge in [0.1, 0.15) is 5.03 Å². The number of aryl methyl sites for hydroxylation is 1. The van der Waals surface area contributed by atoms with Crippen molar-refractivity contribution < 1.29 is 0 Å². The summed E-state index contributed by atoms with van der Waals surface area (Å²) in [6.45, 7) is 1.78. The summed E-state index contributed by atoms with van der Waals surface area (Å²) in [5.74, 6) is 6.38. The first kappa shape index (κ1) is 7.23. The summed E-state index contributed by atoms with van der Waals surface area (Å²) in [7, 11) is 1.90. The molecule has 0 bridgehead atoms. The van der Waals surface area contributed by atoms with Gasteiger partial charge in [0.25, 0.3) is 0 Å². The number of hydrogen-bond donors (Lipinski definition) is 1. The van der Waals surface area contributed by atoms with E-state index in [1.807, 2.05) is 17.8 Å². The van der Waals surface area contributed by atoms with Gasteiger partial charge >= 0.3 is 0 Å². The largest absolute Gasteiger partial charge is 0.326 e. The molecule has 1 rings (SSSR count). The van der Waals surface area contributed by atoms with Crippen molar-refractivity contribution in [1.82, 2.24) is 9.55 Å². The first-order valence-electron chi connectivity index (χ1n) is 2.89. The lowest BCUT2D eigenvalue weighted by Gasteiger charge is -1.87. The molecule has 52 valence electrons. The Hall–Kier alpha value is -0.880. The van der Waals surface area contributed by atoms with Crippen LogP contribution in [0.25, 0.3) is 0 Å². The van der Waals surface area contributed by atoms with Crippen molar-refractivity contribution in [2.75, 3.05) is 0 Å². The molecular weight excluding hydrogens is 144 g/mol. The Labute approximate surface area is 65.7 Å². The zero-order valence-electron chi connectivity index (χ0n) is 5.92. The van der Waals surface area contributed by atoms with Crippen LogP contribution in [0.3, 0.4) is 0 Å². The summed E-state index contributed by atoms with van der Waals surface area (Å²) in [5.41, 5.74) is 0. The van der Waals surface area contributed by atoms with Gasteiger partial charge in [0, 0.05) is 13.2 Å². The molecule has 0 spiro atoms. The first-order chi connectivity index (χ1) is 4.74. The maximum absolute atomic E-state index is 4.07. The maximum atomic E-state index is 4.07. The molecule has 0 N–H and O–H groups in total. The third-order valence-corrected chi connectivity index (χ3v) is 1.32. The van der Waals surface area contributed by atoms with E-state index >= 15 is 0 Å². The Morgan fingerprint density at radius 1 is 1.70 bits per heavy atom. The van der Waals surface area contributed by atoms with E-state index in [1.165, 1.54) is 0 Å². The van der Waals surface area contributed by atoms with Crippen molar-refractivity contribution in [3.8, 4) is 11.8 Å². The van der Waals surface area contributed by atoms with Crippen LogP contribution < -0.4 is 0 Å². The minimum atomic E-state index is 0.709. The summed E-state index contributed by atoms with van der Waals surface area (Å²) < 4.78 is 1.85. The minimum Gasteiger partial charge on any atom is -0.326 e. The molecule has 0 saturated heterocycles. The van der Waals surface area contributed by atoms with E-state index in [0.717, 1.165) is 5.82 Å². The molecular formula is C7H8N2S. The molecule has 0 aromatic carbocycles. The Kier molecular flexibility index (Phi) is 2.03. The van der Waals surface area contributed by atoms with Crippen molar-refractivity contribution in [3.05, 3.63) is 12.0 Å². The second kappa shape index (κ2) is 2.80. The van der Waals surface area contributed by atoms with E-state index in [4.69, 9.17) is 0 Å². The monoisotopic (exact) mass is 152 g/mol. The summed E-state index contributed by atoms with van der Waals surface area (Å²) in [6.07, 6.45) is 1.82.